The molecule has 1 aromatic carbocycles. The second kappa shape index (κ2) is 6.83. The summed E-state index contributed by atoms with van der Waals surface area (Å²) in [6, 6.07) is 6.18. The van der Waals surface area contributed by atoms with Gasteiger partial charge in [-0.15, -0.1) is 0 Å². The van der Waals surface area contributed by atoms with Gasteiger partial charge in [0, 0.05) is 18.4 Å². The van der Waals surface area contributed by atoms with Crippen LogP contribution in [0.2, 0.25) is 0 Å². The van der Waals surface area contributed by atoms with Crippen LogP contribution in [-0.4, -0.2) is 35.6 Å². The highest BCUT2D eigenvalue weighted by molar-refractivity contribution is 6.00. The van der Waals surface area contributed by atoms with Crippen LogP contribution in [0.5, 0.6) is 5.75 Å². The molecular weight excluding hydrogens is 352 g/mol. The number of carbonyl (C=O) groups is 1. The van der Waals surface area contributed by atoms with Gasteiger partial charge in [0.15, 0.2) is 0 Å². The number of carbonyl (C=O) groups excluding carboxylic acids is 1. The molecule has 1 N–H and O–H groups in total. The summed E-state index contributed by atoms with van der Waals surface area (Å²) >= 11 is 0. The van der Waals surface area contributed by atoms with Crippen LogP contribution in [0, 0.1) is 11.3 Å². The lowest BCUT2D eigenvalue weighted by Crippen LogP contribution is -2.39. The number of hydrogen-bond acceptors (Lipinski definition) is 4. The summed E-state index contributed by atoms with van der Waals surface area (Å²) in [5.74, 6) is 1.83. The fourth-order valence-electron chi connectivity index (χ4n) is 5.15. The lowest BCUT2D eigenvalue weighted by molar-refractivity contribution is -0.124. The van der Waals surface area contributed by atoms with Crippen LogP contribution in [0.25, 0.3) is 0 Å². The molecular formula is C22H28N4O2. The highest BCUT2D eigenvalue weighted by Gasteiger charge is 2.61. The number of aromatic nitrogens is 2. The molecule has 1 amide bonds. The lowest BCUT2D eigenvalue weighted by atomic mass is 9.87. The van der Waals surface area contributed by atoms with Crippen LogP contribution >= 0.6 is 0 Å². The number of H-pyrrole nitrogens is 1. The maximum Gasteiger partial charge on any atom is 0.233 e. The summed E-state index contributed by atoms with van der Waals surface area (Å²) in [7, 11) is 0. The maximum absolute atomic E-state index is 13.5. The number of amides is 1. The third kappa shape index (κ3) is 2.86. The lowest BCUT2D eigenvalue weighted by Gasteiger charge is -2.33. The summed E-state index contributed by atoms with van der Waals surface area (Å²) in [5, 5.41) is 0. The number of imidazole rings is 1. The molecule has 2 aliphatic carbocycles. The number of anilines is 2. The summed E-state index contributed by atoms with van der Waals surface area (Å²) in [6.07, 6.45) is 9.41. The number of aromatic amines is 1. The molecule has 0 spiro atoms. The van der Waals surface area contributed by atoms with Gasteiger partial charge in [0.2, 0.25) is 5.91 Å². The first-order valence-electron chi connectivity index (χ1n) is 10.5. The minimum atomic E-state index is -0.0731. The van der Waals surface area contributed by atoms with Crippen LogP contribution < -0.4 is 14.5 Å². The third-order valence-electron chi connectivity index (χ3n) is 6.77. The molecule has 148 valence electrons. The van der Waals surface area contributed by atoms with Crippen molar-refractivity contribution >= 4 is 17.3 Å². The van der Waals surface area contributed by atoms with E-state index in [0.717, 1.165) is 48.7 Å². The first-order chi connectivity index (χ1) is 13.7. The van der Waals surface area contributed by atoms with Crippen molar-refractivity contribution in [3.63, 3.8) is 0 Å². The Morgan fingerprint density at radius 1 is 1.43 bits per heavy atom. The van der Waals surface area contributed by atoms with Crippen LogP contribution in [0.1, 0.15) is 44.7 Å². The summed E-state index contributed by atoms with van der Waals surface area (Å²) < 4.78 is 5.88. The third-order valence-corrected chi connectivity index (χ3v) is 6.77. The topological polar surface area (TPSA) is 61.5 Å². The SMILES string of the molecule is CCN(C(=O)C12CCCCC1C2)c1ccc2c(c1)N(Cc1cnc[nH]1)CCO2. The molecule has 2 fully saturated rings. The number of rotatable bonds is 5. The van der Waals surface area contributed by atoms with E-state index in [4.69, 9.17) is 4.74 Å². The van der Waals surface area contributed by atoms with E-state index in [-0.39, 0.29) is 5.41 Å². The van der Waals surface area contributed by atoms with E-state index < -0.39 is 0 Å². The van der Waals surface area contributed by atoms with Gasteiger partial charge in [0.25, 0.3) is 0 Å². The molecule has 0 saturated heterocycles. The maximum atomic E-state index is 13.5. The summed E-state index contributed by atoms with van der Waals surface area (Å²) in [5.41, 5.74) is 3.04. The van der Waals surface area contributed by atoms with Gasteiger partial charge in [-0.05, 0) is 50.3 Å². The van der Waals surface area contributed by atoms with E-state index in [1.165, 1.54) is 19.3 Å². The number of nitrogens with one attached hydrogen (secondary N) is 1. The Labute approximate surface area is 165 Å². The fourth-order valence-corrected chi connectivity index (χ4v) is 5.15. The molecule has 6 heteroatoms. The Bertz CT molecular complexity index is 865. The normalized spacial score (nSPS) is 25.5. The number of hydrogen-bond donors (Lipinski definition) is 1. The number of benzene rings is 1. The Balaban J connectivity index is 1.43. The van der Waals surface area contributed by atoms with Gasteiger partial charge in [-0.2, -0.15) is 0 Å². The van der Waals surface area contributed by atoms with Crippen molar-refractivity contribution < 1.29 is 9.53 Å². The molecule has 0 bridgehead atoms. The average molecular weight is 380 g/mol. The molecule has 2 atom stereocenters. The summed E-state index contributed by atoms with van der Waals surface area (Å²) in [6.45, 7) is 5.02. The minimum absolute atomic E-state index is 0.0731. The van der Waals surface area contributed by atoms with Gasteiger partial charge >= 0.3 is 0 Å². The second-order valence-corrected chi connectivity index (χ2v) is 8.35. The predicted octanol–water partition coefficient (Wildman–Crippen LogP) is 3.74. The molecule has 28 heavy (non-hydrogen) atoms. The quantitative estimate of drug-likeness (QED) is 0.858. The first-order valence-corrected chi connectivity index (χ1v) is 10.5. The second-order valence-electron chi connectivity index (χ2n) is 8.35. The van der Waals surface area contributed by atoms with E-state index in [0.29, 0.717) is 25.0 Å². The van der Waals surface area contributed by atoms with Crippen molar-refractivity contribution in [2.24, 2.45) is 11.3 Å². The minimum Gasteiger partial charge on any atom is -0.490 e. The molecule has 2 saturated carbocycles. The monoisotopic (exact) mass is 380 g/mol. The van der Waals surface area contributed by atoms with Crippen molar-refractivity contribution in [2.75, 3.05) is 29.5 Å². The highest BCUT2D eigenvalue weighted by atomic mass is 16.5. The van der Waals surface area contributed by atoms with Gasteiger partial charge in [-0.1, -0.05) is 12.8 Å². The van der Waals surface area contributed by atoms with Crippen molar-refractivity contribution in [1.82, 2.24) is 9.97 Å². The van der Waals surface area contributed by atoms with Gasteiger partial charge in [-0.3, -0.25) is 4.79 Å². The van der Waals surface area contributed by atoms with Gasteiger partial charge in [0.05, 0.1) is 36.2 Å². The molecule has 5 rings (SSSR count). The van der Waals surface area contributed by atoms with Gasteiger partial charge < -0.3 is 19.5 Å². The first kappa shape index (κ1) is 17.6. The number of ether oxygens (including phenoxy) is 1. The van der Waals surface area contributed by atoms with E-state index in [1.54, 1.807) is 6.33 Å². The number of fused-ring (bicyclic) bond motifs is 2. The number of nitrogens with zero attached hydrogens (tertiary/aromatic N) is 3. The Morgan fingerprint density at radius 2 is 2.36 bits per heavy atom. The molecule has 1 aromatic heterocycles. The van der Waals surface area contributed by atoms with E-state index >= 15 is 0 Å². The Hall–Kier alpha value is -2.50. The Morgan fingerprint density at radius 3 is 3.14 bits per heavy atom. The summed E-state index contributed by atoms with van der Waals surface area (Å²) in [4.78, 5) is 25.1. The van der Waals surface area contributed by atoms with Crippen LogP contribution in [0.15, 0.2) is 30.7 Å². The molecule has 1 aliphatic heterocycles. The predicted molar refractivity (Wildman–Crippen MR) is 109 cm³/mol. The average Bonchev–Trinajstić information content (AvgIpc) is 3.28. The van der Waals surface area contributed by atoms with Crippen molar-refractivity contribution in [2.45, 2.75) is 45.6 Å². The van der Waals surface area contributed by atoms with E-state index in [9.17, 15) is 4.79 Å². The van der Waals surface area contributed by atoms with Crippen molar-refractivity contribution in [1.29, 1.82) is 0 Å². The fraction of sp³-hybridized carbons (Fsp3) is 0.545. The highest BCUT2D eigenvalue weighted by Crippen LogP contribution is 2.62. The van der Waals surface area contributed by atoms with E-state index in [2.05, 4.69) is 27.9 Å². The largest absolute Gasteiger partial charge is 0.490 e. The zero-order valence-electron chi connectivity index (χ0n) is 16.5. The van der Waals surface area contributed by atoms with E-state index in [1.807, 2.05) is 23.2 Å². The standard InChI is InChI=1S/C22H28N4O2/c1-2-26(21(27)22-8-4-3-5-16(22)12-22)18-6-7-20-19(11-18)25(9-10-28-20)14-17-13-23-15-24-17/h6-7,11,13,15-16H,2-5,8-10,12,14H2,1H3,(H,23,24). The molecule has 0 radical (unpaired) electrons. The van der Waals surface area contributed by atoms with Crippen LogP contribution in [0.3, 0.4) is 0 Å². The molecule has 3 aliphatic rings. The Kier molecular flexibility index (Phi) is 4.29. The zero-order valence-corrected chi connectivity index (χ0v) is 16.5. The zero-order chi connectivity index (χ0) is 19.1. The van der Waals surface area contributed by atoms with Crippen LogP contribution in [-0.2, 0) is 11.3 Å². The van der Waals surface area contributed by atoms with Crippen LogP contribution in [0.4, 0.5) is 11.4 Å². The molecule has 2 unspecified atom stereocenters. The van der Waals surface area contributed by atoms with Crippen molar-refractivity contribution in [3.8, 4) is 5.75 Å². The smallest absolute Gasteiger partial charge is 0.233 e. The molecule has 2 aromatic rings. The molecule has 2 heterocycles. The molecule has 6 nitrogen and oxygen atoms in total. The van der Waals surface area contributed by atoms with Gasteiger partial charge in [0.1, 0.15) is 12.4 Å². The van der Waals surface area contributed by atoms with Crippen molar-refractivity contribution in [3.05, 3.63) is 36.4 Å². The van der Waals surface area contributed by atoms with Gasteiger partial charge in [-0.25, -0.2) is 4.98 Å².